The third-order valence-electron chi connectivity index (χ3n) is 2.28. The van der Waals surface area contributed by atoms with Crippen molar-refractivity contribution in [3.05, 3.63) is 34.9 Å². The summed E-state index contributed by atoms with van der Waals surface area (Å²) < 4.78 is 0.299. The molecule has 1 rings (SSSR count). The lowest BCUT2D eigenvalue weighted by molar-refractivity contribution is 0.656. The fraction of sp³-hybridized carbons (Fsp3) is 0.538. The summed E-state index contributed by atoms with van der Waals surface area (Å²) in [7, 11) is 1.99. The zero-order chi connectivity index (χ0) is 12.2. The third kappa shape index (κ3) is 4.77. The molecular weight excluding hydrogens is 238 g/mol. The van der Waals surface area contributed by atoms with Gasteiger partial charge in [-0.2, -0.15) is 11.8 Å². The lowest BCUT2D eigenvalue weighted by Gasteiger charge is -2.23. The van der Waals surface area contributed by atoms with Crippen molar-refractivity contribution in [2.75, 3.05) is 12.8 Å². The molecule has 1 N–H and O–H groups in total. The van der Waals surface area contributed by atoms with E-state index in [4.69, 9.17) is 11.6 Å². The molecule has 3 heteroatoms. The highest BCUT2D eigenvalue weighted by atomic mass is 35.5. The molecule has 0 aromatic heterocycles. The Balaban J connectivity index is 2.68. The Labute approximate surface area is 108 Å². The summed E-state index contributed by atoms with van der Waals surface area (Å²) in [5.74, 6) is 1.06. The number of hydrogen-bond acceptors (Lipinski definition) is 2. The number of benzene rings is 1. The van der Waals surface area contributed by atoms with E-state index in [1.54, 1.807) is 0 Å². The van der Waals surface area contributed by atoms with Crippen molar-refractivity contribution < 1.29 is 0 Å². The Morgan fingerprint density at radius 1 is 1.38 bits per heavy atom. The highest BCUT2D eigenvalue weighted by Gasteiger charge is 2.15. The topological polar surface area (TPSA) is 12.0 Å². The van der Waals surface area contributed by atoms with Crippen molar-refractivity contribution in [2.24, 2.45) is 0 Å². The first-order chi connectivity index (χ1) is 7.42. The molecule has 0 amide bonds. The second kappa shape index (κ2) is 5.95. The van der Waals surface area contributed by atoms with Gasteiger partial charge in [-0.1, -0.05) is 44.5 Å². The Kier molecular flexibility index (Phi) is 5.16. The van der Waals surface area contributed by atoms with Crippen LogP contribution in [0.2, 0.25) is 5.02 Å². The highest BCUT2D eigenvalue weighted by molar-refractivity contribution is 8.00. The smallest absolute Gasteiger partial charge is 0.0410 e. The average Bonchev–Trinajstić information content (AvgIpc) is 2.17. The summed E-state index contributed by atoms with van der Waals surface area (Å²) in [6.45, 7) is 6.72. The second-order valence-corrected chi connectivity index (χ2v) is 7.10. The van der Waals surface area contributed by atoms with E-state index >= 15 is 0 Å². The van der Waals surface area contributed by atoms with Gasteiger partial charge in [0, 0.05) is 21.6 Å². The molecule has 0 spiro atoms. The van der Waals surface area contributed by atoms with E-state index in [2.05, 4.69) is 32.2 Å². The first-order valence-electron chi connectivity index (χ1n) is 5.49. The zero-order valence-electron chi connectivity index (χ0n) is 10.4. The summed E-state index contributed by atoms with van der Waals surface area (Å²) in [6.07, 6.45) is 0. The molecule has 1 aromatic carbocycles. The molecule has 0 fully saturated rings. The van der Waals surface area contributed by atoms with Crippen LogP contribution in [0.1, 0.15) is 32.4 Å². The highest BCUT2D eigenvalue weighted by Crippen LogP contribution is 2.28. The molecule has 90 valence electrons. The van der Waals surface area contributed by atoms with E-state index in [1.165, 1.54) is 5.56 Å². The SMILES string of the molecule is CNC(CSC(C)(C)C)c1cccc(Cl)c1. The van der Waals surface area contributed by atoms with Crippen LogP contribution in [0.5, 0.6) is 0 Å². The summed E-state index contributed by atoms with van der Waals surface area (Å²) in [6, 6.07) is 8.43. The van der Waals surface area contributed by atoms with Gasteiger partial charge in [-0.3, -0.25) is 0 Å². The van der Waals surface area contributed by atoms with Crippen LogP contribution in [0.15, 0.2) is 24.3 Å². The fourth-order valence-electron chi connectivity index (χ4n) is 1.40. The van der Waals surface area contributed by atoms with E-state index in [-0.39, 0.29) is 0 Å². The molecule has 1 atom stereocenters. The van der Waals surface area contributed by atoms with Crippen molar-refractivity contribution >= 4 is 23.4 Å². The van der Waals surface area contributed by atoms with E-state index in [0.29, 0.717) is 10.8 Å². The van der Waals surface area contributed by atoms with Crippen molar-refractivity contribution in [1.82, 2.24) is 5.32 Å². The van der Waals surface area contributed by atoms with Gasteiger partial charge in [-0.15, -0.1) is 0 Å². The van der Waals surface area contributed by atoms with Gasteiger partial charge in [-0.05, 0) is 24.7 Å². The summed E-state index contributed by atoms with van der Waals surface area (Å²) in [5.41, 5.74) is 1.26. The maximum atomic E-state index is 6.00. The lowest BCUT2D eigenvalue weighted by Crippen LogP contribution is -2.21. The molecule has 1 aromatic rings. The Morgan fingerprint density at radius 2 is 2.06 bits per heavy atom. The average molecular weight is 258 g/mol. The van der Waals surface area contributed by atoms with E-state index < -0.39 is 0 Å². The molecule has 0 saturated heterocycles. The quantitative estimate of drug-likeness (QED) is 0.870. The number of halogens is 1. The van der Waals surface area contributed by atoms with Crippen molar-refractivity contribution in [3.8, 4) is 0 Å². The molecule has 0 heterocycles. The van der Waals surface area contributed by atoms with Crippen LogP contribution < -0.4 is 5.32 Å². The first-order valence-corrected chi connectivity index (χ1v) is 6.85. The van der Waals surface area contributed by atoms with Crippen molar-refractivity contribution in [3.63, 3.8) is 0 Å². The monoisotopic (exact) mass is 257 g/mol. The molecule has 1 nitrogen and oxygen atoms in total. The standard InChI is InChI=1S/C13H20ClNS/c1-13(2,3)16-9-12(15-4)10-6-5-7-11(14)8-10/h5-8,12,15H,9H2,1-4H3. The minimum Gasteiger partial charge on any atom is -0.312 e. The molecule has 0 aliphatic heterocycles. The number of rotatable bonds is 4. The fourth-order valence-corrected chi connectivity index (χ4v) is 2.63. The van der Waals surface area contributed by atoms with Gasteiger partial charge in [0.05, 0.1) is 0 Å². The van der Waals surface area contributed by atoms with Gasteiger partial charge in [0.15, 0.2) is 0 Å². The van der Waals surface area contributed by atoms with E-state index in [0.717, 1.165) is 10.8 Å². The van der Waals surface area contributed by atoms with Gasteiger partial charge in [-0.25, -0.2) is 0 Å². The molecule has 0 aliphatic rings. The molecule has 0 aliphatic carbocycles. The predicted octanol–water partition coefficient (Wildman–Crippen LogP) is 4.13. The summed E-state index contributed by atoms with van der Waals surface area (Å²) in [4.78, 5) is 0. The minimum absolute atomic E-state index is 0.299. The van der Waals surface area contributed by atoms with Crippen molar-refractivity contribution in [2.45, 2.75) is 31.6 Å². The van der Waals surface area contributed by atoms with Crippen LogP contribution in [0.4, 0.5) is 0 Å². The molecule has 0 saturated carbocycles. The number of nitrogens with one attached hydrogen (secondary N) is 1. The van der Waals surface area contributed by atoms with Crippen LogP contribution in [0.3, 0.4) is 0 Å². The van der Waals surface area contributed by atoms with Crippen LogP contribution >= 0.6 is 23.4 Å². The largest absolute Gasteiger partial charge is 0.312 e. The van der Waals surface area contributed by atoms with Gasteiger partial charge >= 0.3 is 0 Å². The lowest BCUT2D eigenvalue weighted by atomic mass is 10.1. The predicted molar refractivity (Wildman–Crippen MR) is 75.5 cm³/mol. The molecule has 0 radical (unpaired) electrons. The maximum absolute atomic E-state index is 6.00. The number of thioether (sulfide) groups is 1. The molecular formula is C13H20ClNS. The number of hydrogen-bond donors (Lipinski definition) is 1. The van der Waals surface area contributed by atoms with E-state index in [1.807, 2.05) is 37.0 Å². The molecule has 1 unspecified atom stereocenters. The van der Waals surface area contributed by atoms with E-state index in [9.17, 15) is 0 Å². The van der Waals surface area contributed by atoms with Gasteiger partial charge < -0.3 is 5.32 Å². The van der Waals surface area contributed by atoms with Gasteiger partial charge in [0.25, 0.3) is 0 Å². The van der Waals surface area contributed by atoms with Crippen LogP contribution in [-0.2, 0) is 0 Å². The van der Waals surface area contributed by atoms with Gasteiger partial charge in [0.1, 0.15) is 0 Å². The Bertz CT molecular complexity index is 333. The Morgan fingerprint density at radius 3 is 2.56 bits per heavy atom. The summed E-state index contributed by atoms with van der Waals surface area (Å²) in [5, 5.41) is 4.14. The third-order valence-corrected chi connectivity index (χ3v) is 3.88. The van der Waals surface area contributed by atoms with Crippen molar-refractivity contribution in [1.29, 1.82) is 0 Å². The summed E-state index contributed by atoms with van der Waals surface area (Å²) >= 11 is 7.96. The molecule has 16 heavy (non-hydrogen) atoms. The van der Waals surface area contributed by atoms with Gasteiger partial charge in [0.2, 0.25) is 0 Å². The molecule has 0 bridgehead atoms. The van der Waals surface area contributed by atoms with Crippen LogP contribution in [-0.4, -0.2) is 17.5 Å². The maximum Gasteiger partial charge on any atom is 0.0410 e. The van der Waals surface area contributed by atoms with Crippen LogP contribution in [0, 0.1) is 0 Å². The second-order valence-electron chi connectivity index (χ2n) is 4.82. The normalized spacial score (nSPS) is 13.8. The van der Waals surface area contributed by atoms with Crippen LogP contribution in [0.25, 0.3) is 0 Å². The zero-order valence-corrected chi connectivity index (χ0v) is 12.0. The Hall–Kier alpha value is -0.180. The first kappa shape index (κ1) is 13.9. The minimum atomic E-state index is 0.299.